The fourth-order valence-electron chi connectivity index (χ4n) is 3.39. The minimum Gasteiger partial charge on any atom is -0.480 e. The highest BCUT2D eigenvalue weighted by Gasteiger charge is 2.38. The van der Waals surface area contributed by atoms with Gasteiger partial charge in [0, 0.05) is 18.8 Å². The second-order valence-electron chi connectivity index (χ2n) is 6.02. The Morgan fingerprint density at radius 1 is 1.29 bits per heavy atom. The van der Waals surface area contributed by atoms with E-state index >= 15 is 0 Å². The molecule has 1 fully saturated rings. The summed E-state index contributed by atoms with van der Waals surface area (Å²) in [5.41, 5.74) is 2.09. The molecule has 5 heteroatoms. The normalized spacial score (nSPS) is 24.8. The molecule has 2 heterocycles. The molecule has 1 unspecified atom stereocenters. The number of benzene rings is 1. The van der Waals surface area contributed by atoms with E-state index in [2.05, 4.69) is 6.92 Å². The summed E-state index contributed by atoms with van der Waals surface area (Å²) in [6.45, 7) is 3.30. The lowest BCUT2D eigenvalue weighted by Gasteiger charge is -2.36. The van der Waals surface area contributed by atoms with E-state index in [0.717, 1.165) is 24.1 Å². The average molecular weight is 288 g/mol. The number of carboxylic acids is 1. The number of hydrogen-bond acceptors (Lipinski definition) is 2. The largest absolute Gasteiger partial charge is 0.480 e. The van der Waals surface area contributed by atoms with Crippen molar-refractivity contribution in [1.82, 2.24) is 4.90 Å². The number of nitrogens with zero attached hydrogens (tertiary/aromatic N) is 2. The van der Waals surface area contributed by atoms with Gasteiger partial charge < -0.3 is 10.0 Å². The van der Waals surface area contributed by atoms with E-state index in [0.29, 0.717) is 25.4 Å². The molecule has 2 aliphatic rings. The Bertz CT molecular complexity index is 572. The summed E-state index contributed by atoms with van der Waals surface area (Å²) in [5, 5.41) is 9.27. The molecule has 1 aromatic rings. The summed E-state index contributed by atoms with van der Waals surface area (Å²) in [5.74, 6) is -0.520. The predicted molar refractivity (Wildman–Crippen MR) is 79.4 cm³/mol. The van der Waals surface area contributed by atoms with E-state index in [-0.39, 0.29) is 6.03 Å². The van der Waals surface area contributed by atoms with Gasteiger partial charge in [-0.05, 0) is 36.8 Å². The van der Waals surface area contributed by atoms with Crippen molar-refractivity contribution in [2.75, 3.05) is 18.0 Å². The molecule has 0 radical (unpaired) electrons. The minimum absolute atomic E-state index is 0.168. The van der Waals surface area contributed by atoms with E-state index in [1.165, 1.54) is 4.90 Å². The Morgan fingerprint density at radius 3 is 2.81 bits per heavy atom. The molecule has 0 bridgehead atoms. The van der Waals surface area contributed by atoms with Gasteiger partial charge in [0.1, 0.15) is 6.04 Å². The standard InChI is InChI=1S/C16H20N2O3/c1-11-9-12-5-2-3-6-13(12)18(10-11)16(21)17-8-4-7-14(17)15(19)20/h2-3,5-6,11,14H,4,7-10H2,1H3,(H,19,20)/t11?,14-/m1/s1. The van der Waals surface area contributed by atoms with Crippen LogP contribution in [-0.2, 0) is 11.2 Å². The summed E-state index contributed by atoms with van der Waals surface area (Å²) < 4.78 is 0. The quantitative estimate of drug-likeness (QED) is 0.863. The number of carbonyl (C=O) groups is 2. The molecule has 112 valence electrons. The van der Waals surface area contributed by atoms with Gasteiger partial charge in [-0.2, -0.15) is 0 Å². The van der Waals surface area contributed by atoms with E-state index < -0.39 is 12.0 Å². The number of carboxylic acid groups (broad SMARTS) is 1. The number of amides is 2. The molecule has 5 nitrogen and oxygen atoms in total. The lowest BCUT2D eigenvalue weighted by atomic mass is 9.94. The van der Waals surface area contributed by atoms with Crippen LogP contribution in [0.5, 0.6) is 0 Å². The first kappa shape index (κ1) is 13.9. The van der Waals surface area contributed by atoms with Gasteiger partial charge in [0.15, 0.2) is 0 Å². The maximum absolute atomic E-state index is 12.8. The monoisotopic (exact) mass is 288 g/mol. The molecule has 0 aliphatic carbocycles. The first-order valence-corrected chi connectivity index (χ1v) is 7.47. The van der Waals surface area contributed by atoms with Crippen LogP contribution in [0.3, 0.4) is 0 Å². The third kappa shape index (κ3) is 2.48. The van der Waals surface area contributed by atoms with Crippen molar-refractivity contribution in [2.45, 2.75) is 32.2 Å². The van der Waals surface area contributed by atoms with Crippen molar-refractivity contribution in [2.24, 2.45) is 5.92 Å². The maximum atomic E-state index is 12.8. The van der Waals surface area contributed by atoms with Crippen molar-refractivity contribution >= 4 is 17.7 Å². The summed E-state index contributed by atoms with van der Waals surface area (Å²) in [6.07, 6.45) is 2.27. The number of anilines is 1. The molecule has 0 saturated carbocycles. The SMILES string of the molecule is CC1Cc2ccccc2N(C(=O)N2CCC[C@@H]2C(=O)O)C1. The van der Waals surface area contributed by atoms with Crippen LogP contribution < -0.4 is 4.90 Å². The number of hydrogen-bond donors (Lipinski definition) is 1. The minimum atomic E-state index is -0.904. The number of likely N-dealkylation sites (tertiary alicyclic amines) is 1. The molecule has 2 atom stereocenters. The van der Waals surface area contributed by atoms with Gasteiger partial charge in [-0.15, -0.1) is 0 Å². The number of urea groups is 1. The predicted octanol–water partition coefficient (Wildman–Crippen LogP) is 2.35. The smallest absolute Gasteiger partial charge is 0.326 e. The van der Waals surface area contributed by atoms with Crippen LogP contribution in [0.2, 0.25) is 0 Å². The number of aliphatic carboxylic acids is 1. The zero-order chi connectivity index (χ0) is 15.0. The summed E-state index contributed by atoms with van der Waals surface area (Å²) in [4.78, 5) is 27.4. The summed E-state index contributed by atoms with van der Waals surface area (Å²) in [6, 6.07) is 7.05. The molecular formula is C16H20N2O3. The molecule has 2 amide bonds. The number of rotatable bonds is 1. The Morgan fingerprint density at radius 2 is 2.05 bits per heavy atom. The highest BCUT2D eigenvalue weighted by molar-refractivity contribution is 5.96. The third-order valence-corrected chi connectivity index (χ3v) is 4.36. The van der Waals surface area contributed by atoms with Gasteiger partial charge in [-0.3, -0.25) is 4.90 Å². The van der Waals surface area contributed by atoms with E-state index in [1.807, 2.05) is 24.3 Å². The van der Waals surface area contributed by atoms with E-state index in [1.54, 1.807) is 4.90 Å². The first-order valence-electron chi connectivity index (χ1n) is 7.47. The Balaban J connectivity index is 1.89. The third-order valence-electron chi connectivity index (χ3n) is 4.36. The summed E-state index contributed by atoms with van der Waals surface area (Å²) >= 11 is 0. The molecule has 3 rings (SSSR count). The molecule has 1 saturated heterocycles. The van der Waals surface area contributed by atoms with Gasteiger partial charge >= 0.3 is 12.0 Å². The maximum Gasteiger partial charge on any atom is 0.326 e. The molecular weight excluding hydrogens is 268 g/mol. The average Bonchev–Trinajstić information content (AvgIpc) is 2.95. The van der Waals surface area contributed by atoms with Crippen LogP contribution >= 0.6 is 0 Å². The van der Waals surface area contributed by atoms with Gasteiger partial charge in [-0.1, -0.05) is 25.1 Å². The van der Waals surface area contributed by atoms with Crippen LogP contribution in [0.25, 0.3) is 0 Å². The van der Waals surface area contributed by atoms with Crippen molar-refractivity contribution in [1.29, 1.82) is 0 Å². The molecule has 1 N–H and O–H groups in total. The van der Waals surface area contributed by atoms with Crippen molar-refractivity contribution < 1.29 is 14.7 Å². The highest BCUT2D eigenvalue weighted by Crippen LogP contribution is 2.31. The lowest BCUT2D eigenvalue weighted by Crippen LogP contribution is -2.50. The summed E-state index contributed by atoms with van der Waals surface area (Å²) in [7, 11) is 0. The van der Waals surface area contributed by atoms with Crippen molar-refractivity contribution in [3.8, 4) is 0 Å². The van der Waals surface area contributed by atoms with Gasteiger partial charge in [-0.25, -0.2) is 9.59 Å². The highest BCUT2D eigenvalue weighted by atomic mass is 16.4. The lowest BCUT2D eigenvalue weighted by molar-refractivity contribution is -0.141. The number of para-hydroxylation sites is 1. The molecule has 0 aromatic heterocycles. The number of carbonyl (C=O) groups excluding carboxylic acids is 1. The van der Waals surface area contributed by atoms with Crippen molar-refractivity contribution in [3.05, 3.63) is 29.8 Å². The van der Waals surface area contributed by atoms with Crippen LogP contribution in [0, 0.1) is 5.92 Å². The zero-order valence-corrected chi connectivity index (χ0v) is 12.2. The van der Waals surface area contributed by atoms with Gasteiger partial charge in [0.05, 0.1) is 0 Å². The van der Waals surface area contributed by atoms with E-state index in [4.69, 9.17) is 0 Å². The fourth-order valence-corrected chi connectivity index (χ4v) is 3.39. The van der Waals surface area contributed by atoms with E-state index in [9.17, 15) is 14.7 Å². The molecule has 2 aliphatic heterocycles. The second kappa shape index (κ2) is 5.39. The Hall–Kier alpha value is -2.04. The van der Waals surface area contributed by atoms with Gasteiger partial charge in [0.25, 0.3) is 0 Å². The fraction of sp³-hybridized carbons (Fsp3) is 0.500. The molecule has 1 aromatic carbocycles. The topological polar surface area (TPSA) is 60.9 Å². The number of fused-ring (bicyclic) bond motifs is 1. The Labute approximate surface area is 124 Å². The molecule has 0 spiro atoms. The second-order valence-corrected chi connectivity index (χ2v) is 6.02. The zero-order valence-electron chi connectivity index (χ0n) is 12.2. The van der Waals surface area contributed by atoms with Crippen LogP contribution in [-0.4, -0.2) is 41.1 Å². The first-order chi connectivity index (χ1) is 10.1. The van der Waals surface area contributed by atoms with Crippen LogP contribution in [0.1, 0.15) is 25.3 Å². The van der Waals surface area contributed by atoms with Crippen LogP contribution in [0.15, 0.2) is 24.3 Å². The molecule has 21 heavy (non-hydrogen) atoms. The van der Waals surface area contributed by atoms with Crippen LogP contribution in [0.4, 0.5) is 10.5 Å². The Kier molecular flexibility index (Phi) is 3.57. The van der Waals surface area contributed by atoms with Crippen molar-refractivity contribution in [3.63, 3.8) is 0 Å². The van der Waals surface area contributed by atoms with Gasteiger partial charge in [0.2, 0.25) is 0 Å².